The Bertz CT molecular complexity index is 520. The predicted molar refractivity (Wildman–Crippen MR) is 72.7 cm³/mol. The minimum atomic E-state index is -0.834. The molecule has 1 aliphatic heterocycles. The molecule has 3 rings (SSSR count). The van der Waals surface area contributed by atoms with Gasteiger partial charge in [-0.05, 0) is 25.0 Å². The fourth-order valence-electron chi connectivity index (χ4n) is 3.09. The van der Waals surface area contributed by atoms with Crippen LogP contribution in [-0.4, -0.2) is 17.9 Å². The molecule has 0 spiro atoms. The molecule has 1 aromatic carbocycles. The molecule has 5 heteroatoms. The van der Waals surface area contributed by atoms with E-state index in [1.165, 1.54) is 0 Å². The first-order valence-electron chi connectivity index (χ1n) is 6.46. The number of hydrogen-bond donors (Lipinski definition) is 1. The highest BCUT2D eigenvalue weighted by Gasteiger charge is 2.45. The van der Waals surface area contributed by atoms with E-state index < -0.39 is 11.4 Å². The van der Waals surface area contributed by atoms with Gasteiger partial charge in [0.25, 0.3) is 0 Å². The molecule has 2 aliphatic rings. The minimum absolute atomic E-state index is 0.161. The zero-order chi connectivity index (χ0) is 13.5. The van der Waals surface area contributed by atoms with Crippen LogP contribution in [0.5, 0.6) is 11.5 Å². The predicted octanol–water partition coefficient (Wildman–Crippen LogP) is 3.46. The Balaban J connectivity index is 2.16. The third-order valence-corrected chi connectivity index (χ3v) is 4.53. The Labute approximate surface area is 119 Å². The summed E-state index contributed by atoms with van der Waals surface area (Å²) in [5, 5.41) is 9.75. The zero-order valence-electron chi connectivity index (χ0n) is 10.4. The average Bonchev–Trinajstić information content (AvgIpc) is 2.86. The molecule has 1 N–H and O–H groups in total. The lowest BCUT2D eigenvalue weighted by Gasteiger charge is -2.34. The van der Waals surface area contributed by atoms with Crippen molar-refractivity contribution in [2.45, 2.75) is 37.5 Å². The van der Waals surface area contributed by atoms with Gasteiger partial charge in [0, 0.05) is 10.0 Å². The summed E-state index contributed by atoms with van der Waals surface area (Å²) in [6, 6.07) is 3.69. The highest BCUT2D eigenvalue weighted by Crippen LogP contribution is 2.49. The van der Waals surface area contributed by atoms with E-state index in [4.69, 9.17) is 9.47 Å². The van der Waals surface area contributed by atoms with E-state index in [0.717, 1.165) is 29.3 Å². The number of carboxylic acid groups (broad SMARTS) is 1. The second kappa shape index (κ2) is 4.71. The molecule has 0 radical (unpaired) electrons. The minimum Gasteiger partial charge on any atom is -0.481 e. The van der Waals surface area contributed by atoms with Crippen LogP contribution in [-0.2, 0) is 10.2 Å². The zero-order valence-corrected chi connectivity index (χ0v) is 12.0. The molecule has 0 aromatic heterocycles. The van der Waals surface area contributed by atoms with Crippen molar-refractivity contribution in [3.8, 4) is 11.5 Å². The summed E-state index contributed by atoms with van der Waals surface area (Å²) in [7, 11) is 0. The van der Waals surface area contributed by atoms with Gasteiger partial charge in [0.05, 0.1) is 5.41 Å². The Morgan fingerprint density at radius 1 is 1.21 bits per heavy atom. The van der Waals surface area contributed by atoms with E-state index in [1.54, 1.807) is 0 Å². The van der Waals surface area contributed by atoms with Crippen LogP contribution in [0.2, 0.25) is 0 Å². The number of halogens is 1. The molecule has 1 aromatic rings. The van der Waals surface area contributed by atoms with Crippen LogP contribution in [0.15, 0.2) is 16.6 Å². The first-order valence-corrected chi connectivity index (χ1v) is 7.26. The number of carboxylic acids is 1. The van der Waals surface area contributed by atoms with Gasteiger partial charge in [-0.25, -0.2) is 0 Å². The van der Waals surface area contributed by atoms with Crippen molar-refractivity contribution in [1.82, 2.24) is 0 Å². The summed E-state index contributed by atoms with van der Waals surface area (Å²) < 4.78 is 11.7. The Hall–Kier alpha value is -1.23. The number of rotatable bonds is 2. The van der Waals surface area contributed by atoms with Gasteiger partial charge >= 0.3 is 5.97 Å². The van der Waals surface area contributed by atoms with E-state index in [0.29, 0.717) is 24.3 Å². The third kappa shape index (κ3) is 2.00. The van der Waals surface area contributed by atoms with Crippen molar-refractivity contribution >= 4 is 21.9 Å². The van der Waals surface area contributed by atoms with Crippen molar-refractivity contribution in [2.24, 2.45) is 0 Å². The fraction of sp³-hybridized carbons (Fsp3) is 0.500. The molecule has 1 fully saturated rings. The number of ether oxygens (including phenoxy) is 2. The molecule has 4 nitrogen and oxygen atoms in total. The van der Waals surface area contributed by atoms with Crippen LogP contribution in [0.25, 0.3) is 0 Å². The summed E-state index contributed by atoms with van der Waals surface area (Å²) in [6.07, 6.45) is 4.30. The second-order valence-electron chi connectivity index (χ2n) is 5.14. The van der Waals surface area contributed by atoms with Crippen molar-refractivity contribution in [2.75, 3.05) is 6.79 Å². The molecule has 1 saturated carbocycles. The molecule has 1 heterocycles. The summed E-state index contributed by atoms with van der Waals surface area (Å²) in [5.41, 5.74) is -0.0821. The van der Waals surface area contributed by atoms with Gasteiger partial charge in [-0.2, -0.15) is 0 Å². The van der Waals surface area contributed by atoms with E-state index >= 15 is 0 Å². The maximum absolute atomic E-state index is 11.9. The molecular weight excluding hydrogens is 312 g/mol. The third-order valence-electron chi connectivity index (χ3n) is 4.07. The number of fused-ring (bicyclic) bond motifs is 1. The number of hydrogen-bond acceptors (Lipinski definition) is 3. The normalized spacial score (nSPS) is 20.3. The van der Waals surface area contributed by atoms with Gasteiger partial charge in [0.15, 0.2) is 11.5 Å². The molecule has 0 unspecified atom stereocenters. The van der Waals surface area contributed by atoms with Gasteiger partial charge in [0.1, 0.15) is 0 Å². The fourth-order valence-corrected chi connectivity index (χ4v) is 3.52. The van der Waals surface area contributed by atoms with E-state index in [-0.39, 0.29) is 6.79 Å². The van der Waals surface area contributed by atoms with Gasteiger partial charge in [-0.15, -0.1) is 0 Å². The molecule has 19 heavy (non-hydrogen) atoms. The van der Waals surface area contributed by atoms with Crippen LogP contribution in [0.3, 0.4) is 0 Å². The van der Waals surface area contributed by atoms with E-state index in [2.05, 4.69) is 15.9 Å². The smallest absolute Gasteiger partial charge is 0.314 e. The molecule has 102 valence electrons. The van der Waals surface area contributed by atoms with Crippen LogP contribution in [0, 0.1) is 0 Å². The topological polar surface area (TPSA) is 55.8 Å². The van der Waals surface area contributed by atoms with Crippen LogP contribution < -0.4 is 9.47 Å². The first-order chi connectivity index (χ1) is 9.13. The maximum Gasteiger partial charge on any atom is 0.314 e. The van der Waals surface area contributed by atoms with E-state index in [9.17, 15) is 9.90 Å². The van der Waals surface area contributed by atoms with Gasteiger partial charge in [-0.3, -0.25) is 4.79 Å². The average molecular weight is 327 g/mol. The van der Waals surface area contributed by atoms with Crippen molar-refractivity contribution in [3.63, 3.8) is 0 Å². The van der Waals surface area contributed by atoms with Crippen molar-refractivity contribution < 1.29 is 19.4 Å². The maximum atomic E-state index is 11.9. The van der Waals surface area contributed by atoms with E-state index in [1.807, 2.05) is 12.1 Å². The number of aliphatic carboxylic acids is 1. The Kier molecular flexibility index (Phi) is 3.17. The standard InChI is InChI=1S/C14H15BrO4/c15-9-6-10(12-11(7-9)18-8-19-12)14(13(16)17)4-2-1-3-5-14/h6-7H,1-5,8H2,(H,16,17). The quantitative estimate of drug-likeness (QED) is 0.904. The molecular formula is C14H15BrO4. The lowest BCUT2D eigenvalue weighted by molar-refractivity contribution is -0.145. The molecule has 0 bridgehead atoms. The summed E-state index contributed by atoms with van der Waals surface area (Å²) in [5.74, 6) is 0.478. The summed E-state index contributed by atoms with van der Waals surface area (Å²) in [4.78, 5) is 11.9. The molecule has 1 aliphatic carbocycles. The van der Waals surface area contributed by atoms with Gasteiger partial charge < -0.3 is 14.6 Å². The lowest BCUT2D eigenvalue weighted by atomic mass is 9.69. The highest BCUT2D eigenvalue weighted by atomic mass is 79.9. The first kappa shape index (κ1) is 12.8. The molecule has 0 amide bonds. The van der Waals surface area contributed by atoms with Crippen LogP contribution in [0.4, 0.5) is 0 Å². The Morgan fingerprint density at radius 3 is 2.63 bits per heavy atom. The second-order valence-corrected chi connectivity index (χ2v) is 6.05. The monoisotopic (exact) mass is 326 g/mol. The Morgan fingerprint density at radius 2 is 1.95 bits per heavy atom. The van der Waals surface area contributed by atoms with Crippen molar-refractivity contribution in [3.05, 3.63) is 22.2 Å². The van der Waals surface area contributed by atoms with Crippen LogP contribution in [0.1, 0.15) is 37.7 Å². The van der Waals surface area contributed by atoms with Gasteiger partial charge in [0.2, 0.25) is 6.79 Å². The largest absolute Gasteiger partial charge is 0.481 e. The highest BCUT2D eigenvalue weighted by molar-refractivity contribution is 9.10. The summed E-state index contributed by atoms with van der Waals surface area (Å²) >= 11 is 3.43. The molecule has 0 saturated heterocycles. The lowest BCUT2D eigenvalue weighted by Crippen LogP contribution is -2.38. The molecule has 0 atom stereocenters. The summed E-state index contributed by atoms with van der Waals surface area (Å²) in [6.45, 7) is 0.161. The number of carbonyl (C=O) groups is 1. The SMILES string of the molecule is O=C(O)C1(c2cc(Br)cc3c2OCO3)CCCCC1. The number of benzene rings is 1. The van der Waals surface area contributed by atoms with Crippen LogP contribution >= 0.6 is 15.9 Å². The van der Waals surface area contributed by atoms with Gasteiger partial charge in [-0.1, -0.05) is 35.2 Å². The van der Waals surface area contributed by atoms with Crippen molar-refractivity contribution in [1.29, 1.82) is 0 Å².